The van der Waals surface area contributed by atoms with Crippen molar-refractivity contribution >= 4 is 6.29 Å². The zero-order valence-electron chi connectivity index (χ0n) is 14.0. The SMILES string of the molecule is CC(C)(C)C1=C[C@@]2(C(C)(C)C)C=C(C=O)[C@@]13OCC=C3C2. The number of carbonyl (C=O) groups is 1. The van der Waals surface area contributed by atoms with Gasteiger partial charge in [-0.15, -0.1) is 0 Å². The average Bonchev–Trinajstić information content (AvgIpc) is 2.78. The summed E-state index contributed by atoms with van der Waals surface area (Å²) in [6.07, 6.45) is 8.75. The summed E-state index contributed by atoms with van der Waals surface area (Å²) in [6.45, 7) is 14.0. The van der Waals surface area contributed by atoms with Crippen molar-refractivity contribution in [3.8, 4) is 0 Å². The fraction of sp³-hybridized carbons (Fsp3) is 0.632. The van der Waals surface area contributed by atoms with Gasteiger partial charge in [-0.3, -0.25) is 4.79 Å². The van der Waals surface area contributed by atoms with Crippen LogP contribution in [-0.4, -0.2) is 18.5 Å². The molecule has 0 unspecified atom stereocenters. The lowest BCUT2D eigenvalue weighted by atomic mass is 9.49. The van der Waals surface area contributed by atoms with Crippen molar-refractivity contribution in [2.45, 2.75) is 53.6 Å². The van der Waals surface area contributed by atoms with Gasteiger partial charge in [0.05, 0.1) is 6.61 Å². The number of rotatable bonds is 1. The Hall–Kier alpha value is -1.15. The minimum absolute atomic E-state index is 0.0249. The lowest BCUT2D eigenvalue weighted by molar-refractivity contribution is -0.107. The average molecular weight is 286 g/mol. The second kappa shape index (κ2) is 3.98. The summed E-state index contributed by atoms with van der Waals surface area (Å²) in [5.74, 6) is 0. The normalized spacial score (nSPS) is 35.0. The molecule has 0 saturated heterocycles. The minimum Gasteiger partial charge on any atom is -0.357 e. The molecule has 0 N–H and O–H groups in total. The first-order valence-electron chi connectivity index (χ1n) is 7.83. The fourth-order valence-corrected chi connectivity index (χ4v) is 4.13. The lowest BCUT2D eigenvalue weighted by Gasteiger charge is -2.56. The summed E-state index contributed by atoms with van der Waals surface area (Å²) in [5, 5.41) is 0. The molecule has 2 bridgehead atoms. The van der Waals surface area contributed by atoms with Crippen molar-refractivity contribution in [3.05, 3.63) is 34.9 Å². The molecule has 0 saturated carbocycles. The predicted molar refractivity (Wildman–Crippen MR) is 85.0 cm³/mol. The van der Waals surface area contributed by atoms with E-state index in [-0.39, 0.29) is 16.2 Å². The molecule has 2 nitrogen and oxygen atoms in total. The number of ether oxygens (including phenoxy) is 1. The molecule has 1 spiro atoms. The number of hydrogen-bond acceptors (Lipinski definition) is 2. The molecule has 1 aliphatic heterocycles. The van der Waals surface area contributed by atoms with Gasteiger partial charge in [0.1, 0.15) is 11.9 Å². The van der Waals surface area contributed by atoms with E-state index in [9.17, 15) is 4.79 Å². The van der Waals surface area contributed by atoms with Gasteiger partial charge in [0.25, 0.3) is 0 Å². The summed E-state index contributed by atoms with van der Waals surface area (Å²) >= 11 is 0. The van der Waals surface area contributed by atoms with E-state index in [1.807, 2.05) is 0 Å². The first-order chi connectivity index (χ1) is 9.57. The Kier molecular flexibility index (Phi) is 2.80. The maximum Gasteiger partial charge on any atom is 0.149 e. The smallest absolute Gasteiger partial charge is 0.149 e. The highest BCUT2D eigenvalue weighted by molar-refractivity contribution is 5.84. The molecule has 0 aromatic carbocycles. The third-order valence-electron chi connectivity index (χ3n) is 5.50. The molecule has 0 amide bonds. The highest BCUT2D eigenvalue weighted by Crippen LogP contribution is 2.64. The van der Waals surface area contributed by atoms with E-state index in [0.717, 1.165) is 18.3 Å². The monoisotopic (exact) mass is 286 g/mol. The Morgan fingerprint density at radius 1 is 1.14 bits per heavy atom. The Balaban J connectivity index is 2.34. The second-order valence-corrected chi connectivity index (χ2v) is 8.71. The lowest BCUT2D eigenvalue weighted by Crippen LogP contribution is -2.53. The van der Waals surface area contributed by atoms with Crippen molar-refractivity contribution in [1.29, 1.82) is 0 Å². The van der Waals surface area contributed by atoms with E-state index < -0.39 is 5.60 Å². The van der Waals surface area contributed by atoms with Crippen LogP contribution in [0.4, 0.5) is 0 Å². The Labute approximate surface area is 127 Å². The van der Waals surface area contributed by atoms with E-state index in [4.69, 9.17) is 4.74 Å². The van der Waals surface area contributed by atoms with Crippen LogP contribution in [0, 0.1) is 16.2 Å². The van der Waals surface area contributed by atoms with E-state index in [1.165, 1.54) is 11.1 Å². The zero-order chi connectivity index (χ0) is 15.7. The summed E-state index contributed by atoms with van der Waals surface area (Å²) in [4.78, 5) is 11.8. The molecular formula is C19H26O2. The standard InChI is InChI=1S/C19H26O2/c1-16(2,3)15-11-18(17(4,5)6)9-13-7-8-21-19(13,15)14(10-18)12-20/h7,10-12H,8-9H2,1-6H3/t18-,19+/m0/s1. The second-order valence-electron chi connectivity index (χ2n) is 8.71. The Bertz CT molecular complexity index is 592. The molecule has 1 heterocycles. The molecule has 4 aliphatic rings. The minimum atomic E-state index is -0.576. The quantitative estimate of drug-likeness (QED) is 0.532. The largest absolute Gasteiger partial charge is 0.357 e. The van der Waals surface area contributed by atoms with E-state index in [0.29, 0.717) is 6.61 Å². The van der Waals surface area contributed by atoms with Crippen molar-refractivity contribution in [2.75, 3.05) is 6.61 Å². The van der Waals surface area contributed by atoms with Crippen molar-refractivity contribution < 1.29 is 9.53 Å². The highest BCUT2D eigenvalue weighted by Gasteiger charge is 2.60. The van der Waals surface area contributed by atoms with Gasteiger partial charge in [0.15, 0.2) is 0 Å². The summed E-state index contributed by atoms with van der Waals surface area (Å²) in [5.41, 5.74) is 2.72. The first-order valence-corrected chi connectivity index (χ1v) is 7.83. The number of aldehydes is 1. The first kappa shape index (κ1) is 14.8. The summed E-state index contributed by atoms with van der Waals surface area (Å²) in [7, 11) is 0. The Morgan fingerprint density at radius 2 is 1.81 bits per heavy atom. The summed E-state index contributed by atoms with van der Waals surface area (Å²) < 4.78 is 6.17. The van der Waals surface area contributed by atoms with Crippen LogP contribution in [0.15, 0.2) is 34.9 Å². The third-order valence-corrected chi connectivity index (χ3v) is 5.50. The van der Waals surface area contributed by atoms with Gasteiger partial charge in [-0.1, -0.05) is 59.8 Å². The van der Waals surface area contributed by atoms with Crippen LogP contribution in [0.5, 0.6) is 0 Å². The van der Waals surface area contributed by atoms with Crippen molar-refractivity contribution in [3.63, 3.8) is 0 Å². The Morgan fingerprint density at radius 3 is 2.33 bits per heavy atom. The van der Waals surface area contributed by atoms with Gasteiger partial charge < -0.3 is 4.74 Å². The zero-order valence-corrected chi connectivity index (χ0v) is 14.0. The van der Waals surface area contributed by atoms with Crippen LogP contribution in [-0.2, 0) is 9.53 Å². The van der Waals surface area contributed by atoms with E-state index in [2.05, 4.69) is 59.8 Å². The topological polar surface area (TPSA) is 26.3 Å². The molecule has 2 heteroatoms. The van der Waals surface area contributed by atoms with Gasteiger partial charge in [-0.2, -0.15) is 0 Å². The molecule has 3 aliphatic carbocycles. The van der Waals surface area contributed by atoms with Gasteiger partial charge in [0.2, 0.25) is 0 Å². The van der Waals surface area contributed by atoms with Crippen LogP contribution in [0.2, 0.25) is 0 Å². The van der Waals surface area contributed by atoms with Gasteiger partial charge in [-0.25, -0.2) is 0 Å². The predicted octanol–water partition coefficient (Wildman–Crippen LogP) is 4.23. The molecule has 0 fully saturated rings. The van der Waals surface area contributed by atoms with Crippen LogP contribution < -0.4 is 0 Å². The molecule has 2 atom stereocenters. The van der Waals surface area contributed by atoms with Crippen LogP contribution >= 0.6 is 0 Å². The van der Waals surface area contributed by atoms with Gasteiger partial charge in [-0.05, 0) is 28.4 Å². The van der Waals surface area contributed by atoms with E-state index >= 15 is 0 Å². The summed E-state index contributed by atoms with van der Waals surface area (Å²) in [6, 6.07) is 0. The number of allylic oxidation sites excluding steroid dienone is 2. The fourth-order valence-electron chi connectivity index (χ4n) is 4.13. The van der Waals surface area contributed by atoms with Crippen LogP contribution in [0.1, 0.15) is 48.0 Å². The van der Waals surface area contributed by atoms with Crippen molar-refractivity contribution in [2.24, 2.45) is 16.2 Å². The highest BCUT2D eigenvalue weighted by atomic mass is 16.5. The van der Waals surface area contributed by atoms with Crippen LogP contribution in [0.25, 0.3) is 0 Å². The van der Waals surface area contributed by atoms with E-state index in [1.54, 1.807) is 0 Å². The molecule has 0 aromatic heterocycles. The molecule has 0 radical (unpaired) electrons. The van der Waals surface area contributed by atoms with Gasteiger partial charge in [0, 0.05) is 11.0 Å². The number of carbonyl (C=O) groups excluding carboxylic acids is 1. The third kappa shape index (κ3) is 1.72. The molecular weight excluding hydrogens is 260 g/mol. The maximum absolute atomic E-state index is 11.8. The molecule has 114 valence electrons. The number of hydrogen-bond donors (Lipinski definition) is 0. The van der Waals surface area contributed by atoms with Crippen molar-refractivity contribution in [1.82, 2.24) is 0 Å². The maximum atomic E-state index is 11.8. The van der Waals surface area contributed by atoms with Gasteiger partial charge >= 0.3 is 0 Å². The molecule has 4 rings (SSSR count). The molecule has 21 heavy (non-hydrogen) atoms. The van der Waals surface area contributed by atoms with Crippen LogP contribution in [0.3, 0.4) is 0 Å². The molecule has 0 aromatic rings.